The van der Waals surface area contributed by atoms with E-state index in [1.54, 1.807) is 24.3 Å². The Balaban J connectivity index is 1.73. The van der Waals surface area contributed by atoms with Crippen molar-refractivity contribution in [2.75, 3.05) is 13.2 Å². The smallest absolute Gasteiger partial charge is 0.267 e. The number of nitrogens with one attached hydrogen (secondary N) is 1. The Morgan fingerprint density at radius 3 is 2.60 bits per heavy atom. The zero-order valence-corrected chi connectivity index (χ0v) is 16.6. The van der Waals surface area contributed by atoms with Crippen molar-refractivity contribution in [1.29, 1.82) is 0 Å². The van der Waals surface area contributed by atoms with Crippen LogP contribution in [0.2, 0.25) is 0 Å². The molecule has 30 heavy (non-hydrogen) atoms. The summed E-state index contributed by atoms with van der Waals surface area (Å²) in [6, 6.07) is 17.3. The Hall–Kier alpha value is -3.45. The van der Waals surface area contributed by atoms with Crippen LogP contribution < -0.4 is 10.9 Å². The van der Waals surface area contributed by atoms with E-state index >= 15 is 0 Å². The lowest BCUT2D eigenvalue weighted by atomic mass is 10.1. The van der Waals surface area contributed by atoms with E-state index < -0.39 is 0 Å². The van der Waals surface area contributed by atoms with E-state index in [9.17, 15) is 14.7 Å². The van der Waals surface area contributed by atoms with Gasteiger partial charge in [-0.1, -0.05) is 30.3 Å². The van der Waals surface area contributed by atoms with Crippen molar-refractivity contribution < 1.29 is 15.0 Å². The highest BCUT2D eigenvalue weighted by Crippen LogP contribution is 2.18. The molecule has 156 valence electrons. The van der Waals surface area contributed by atoms with Gasteiger partial charge in [-0.2, -0.15) is 5.10 Å². The number of carbonyl (C=O) groups excluding carboxylic acids is 1. The summed E-state index contributed by atoms with van der Waals surface area (Å²) < 4.78 is 1.35. The number of phenols is 1. The van der Waals surface area contributed by atoms with Crippen molar-refractivity contribution in [3.63, 3.8) is 0 Å². The van der Waals surface area contributed by atoms with E-state index in [2.05, 4.69) is 10.4 Å². The predicted molar refractivity (Wildman–Crippen MR) is 114 cm³/mol. The van der Waals surface area contributed by atoms with Gasteiger partial charge in [-0.25, -0.2) is 4.68 Å². The number of carbonyl (C=O) groups is 1. The third kappa shape index (κ3) is 6.02. The highest BCUT2D eigenvalue weighted by Gasteiger charge is 2.08. The van der Waals surface area contributed by atoms with Crippen LogP contribution in [0.3, 0.4) is 0 Å². The third-order valence-electron chi connectivity index (χ3n) is 4.60. The monoisotopic (exact) mass is 407 g/mol. The number of rotatable bonds is 9. The molecule has 1 amide bonds. The van der Waals surface area contributed by atoms with Gasteiger partial charge in [0.1, 0.15) is 5.75 Å². The van der Waals surface area contributed by atoms with E-state index in [0.717, 1.165) is 23.1 Å². The quantitative estimate of drug-likeness (QED) is 0.471. The van der Waals surface area contributed by atoms with Gasteiger partial charge >= 0.3 is 0 Å². The Bertz CT molecular complexity index is 1060. The van der Waals surface area contributed by atoms with Crippen LogP contribution in [0.5, 0.6) is 5.75 Å². The minimum Gasteiger partial charge on any atom is -0.508 e. The highest BCUT2D eigenvalue weighted by atomic mass is 16.3. The van der Waals surface area contributed by atoms with Gasteiger partial charge in [0.25, 0.3) is 5.56 Å². The molecular weight excluding hydrogens is 382 g/mol. The molecule has 0 fully saturated rings. The molecule has 0 aliphatic carbocycles. The largest absolute Gasteiger partial charge is 0.508 e. The van der Waals surface area contributed by atoms with Crippen molar-refractivity contribution in [1.82, 2.24) is 15.1 Å². The fraction of sp³-hybridized carbons (Fsp3) is 0.261. The molecule has 3 N–H and O–H groups in total. The lowest BCUT2D eigenvalue weighted by molar-refractivity contribution is -0.120. The Morgan fingerprint density at radius 1 is 1.00 bits per heavy atom. The Labute approximate surface area is 174 Å². The van der Waals surface area contributed by atoms with E-state index in [1.165, 1.54) is 10.7 Å². The number of unbranched alkanes of at least 4 members (excludes halogenated alkanes) is 1. The van der Waals surface area contributed by atoms with E-state index in [-0.39, 0.29) is 36.8 Å². The maximum Gasteiger partial charge on any atom is 0.267 e. The number of aliphatic hydroxyl groups is 1. The van der Waals surface area contributed by atoms with E-state index in [4.69, 9.17) is 5.11 Å². The second-order valence-electron chi connectivity index (χ2n) is 7.04. The molecule has 0 bridgehead atoms. The average molecular weight is 407 g/mol. The first-order valence-electron chi connectivity index (χ1n) is 9.88. The second kappa shape index (κ2) is 10.4. The zero-order chi connectivity index (χ0) is 21.3. The summed E-state index contributed by atoms with van der Waals surface area (Å²) in [5.41, 5.74) is 2.82. The van der Waals surface area contributed by atoms with Gasteiger partial charge in [0.15, 0.2) is 0 Å². The number of hydrogen-bond donors (Lipinski definition) is 3. The van der Waals surface area contributed by atoms with Crippen molar-refractivity contribution >= 4 is 5.91 Å². The molecule has 0 unspecified atom stereocenters. The standard InChI is InChI=1S/C23H25N3O4/c27-12-2-1-11-24-22(29)15-17-5-3-7-19(13-17)21-9-10-23(30)26(25-21)16-18-6-4-8-20(28)14-18/h3-10,13-14,27-28H,1-2,11-12,15-16H2,(H,24,29). The molecule has 0 radical (unpaired) electrons. The lowest BCUT2D eigenvalue weighted by Gasteiger charge is -2.09. The number of aromatic hydroxyl groups is 1. The fourth-order valence-corrected chi connectivity index (χ4v) is 3.10. The van der Waals surface area contributed by atoms with Crippen LogP contribution in [-0.2, 0) is 17.8 Å². The van der Waals surface area contributed by atoms with Gasteiger partial charge in [-0.15, -0.1) is 0 Å². The van der Waals surface area contributed by atoms with Gasteiger partial charge < -0.3 is 15.5 Å². The number of phenolic OH excluding ortho intramolecular Hbond substituents is 1. The molecule has 1 heterocycles. The molecule has 0 atom stereocenters. The van der Waals surface area contributed by atoms with E-state index in [0.29, 0.717) is 18.7 Å². The molecular formula is C23H25N3O4. The summed E-state index contributed by atoms with van der Waals surface area (Å²) in [7, 11) is 0. The number of aromatic nitrogens is 2. The van der Waals surface area contributed by atoms with Crippen LogP contribution in [0, 0.1) is 0 Å². The van der Waals surface area contributed by atoms with Gasteiger partial charge in [0, 0.05) is 24.8 Å². The number of amides is 1. The molecule has 2 aromatic carbocycles. The number of hydrogen-bond acceptors (Lipinski definition) is 5. The topological polar surface area (TPSA) is 104 Å². The molecule has 0 aliphatic heterocycles. The average Bonchev–Trinajstić information content (AvgIpc) is 2.73. The van der Waals surface area contributed by atoms with Gasteiger partial charge in [0.2, 0.25) is 5.91 Å². The van der Waals surface area contributed by atoms with Crippen LogP contribution in [0.15, 0.2) is 65.5 Å². The van der Waals surface area contributed by atoms with Gasteiger partial charge in [-0.3, -0.25) is 9.59 Å². The first-order chi connectivity index (χ1) is 14.5. The second-order valence-corrected chi connectivity index (χ2v) is 7.04. The highest BCUT2D eigenvalue weighted by molar-refractivity contribution is 5.79. The third-order valence-corrected chi connectivity index (χ3v) is 4.60. The van der Waals surface area contributed by atoms with E-state index in [1.807, 2.05) is 30.3 Å². The first-order valence-corrected chi connectivity index (χ1v) is 9.88. The summed E-state index contributed by atoms with van der Waals surface area (Å²) in [6.07, 6.45) is 1.66. The molecule has 0 saturated carbocycles. The van der Waals surface area contributed by atoms with Crippen LogP contribution in [0.1, 0.15) is 24.0 Å². The zero-order valence-electron chi connectivity index (χ0n) is 16.6. The molecule has 0 saturated heterocycles. The predicted octanol–water partition coefficient (Wildman–Crippen LogP) is 2.10. The molecule has 3 aromatic rings. The van der Waals surface area contributed by atoms with Crippen LogP contribution >= 0.6 is 0 Å². The van der Waals surface area contributed by atoms with Crippen molar-refractivity contribution in [2.45, 2.75) is 25.8 Å². The number of nitrogens with zero attached hydrogens (tertiary/aromatic N) is 2. The minimum atomic E-state index is -0.236. The van der Waals surface area contributed by atoms with Crippen molar-refractivity contribution in [2.24, 2.45) is 0 Å². The fourth-order valence-electron chi connectivity index (χ4n) is 3.10. The van der Waals surface area contributed by atoms with Crippen molar-refractivity contribution in [3.05, 3.63) is 82.1 Å². The molecule has 3 rings (SSSR count). The molecule has 7 heteroatoms. The van der Waals surface area contributed by atoms with Crippen LogP contribution in [0.25, 0.3) is 11.3 Å². The first kappa shape index (κ1) is 21.3. The number of aliphatic hydroxyl groups excluding tert-OH is 1. The summed E-state index contributed by atoms with van der Waals surface area (Å²) in [5, 5.41) is 25.7. The summed E-state index contributed by atoms with van der Waals surface area (Å²) in [4.78, 5) is 24.3. The molecule has 0 spiro atoms. The Kier molecular flexibility index (Phi) is 7.34. The van der Waals surface area contributed by atoms with Crippen LogP contribution in [0.4, 0.5) is 0 Å². The van der Waals surface area contributed by atoms with Gasteiger partial charge in [-0.05, 0) is 48.2 Å². The maximum atomic E-state index is 12.2. The number of benzene rings is 2. The lowest BCUT2D eigenvalue weighted by Crippen LogP contribution is -2.26. The van der Waals surface area contributed by atoms with Gasteiger partial charge in [0.05, 0.1) is 18.7 Å². The molecule has 1 aromatic heterocycles. The van der Waals surface area contributed by atoms with Crippen molar-refractivity contribution in [3.8, 4) is 17.0 Å². The summed E-state index contributed by atoms with van der Waals surface area (Å²) in [6.45, 7) is 0.913. The Morgan fingerprint density at radius 2 is 1.80 bits per heavy atom. The summed E-state index contributed by atoms with van der Waals surface area (Å²) >= 11 is 0. The summed E-state index contributed by atoms with van der Waals surface area (Å²) in [5.74, 6) is 0.0611. The minimum absolute atomic E-state index is 0.0769. The molecule has 0 aliphatic rings. The normalized spacial score (nSPS) is 10.7. The SMILES string of the molecule is O=C(Cc1cccc(-c2ccc(=O)n(Cc3cccc(O)c3)n2)c1)NCCCCO. The van der Waals surface area contributed by atoms with Crippen LogP contribution in [-0.4, -0.2) is 39.1 Å². The molecule has 7 nitrogen and oxygen atoms in total. The maximum absolute atomic E-state index is 12.2.